The van der Waals surface area contributed by atoms with Gasteiger partial charge in [0.2, 0.25) is 0 Å². The first kappa shape index (κ1) is 17.3. The van der Waals surface area contributed by atoms with Gasteiger partial charge in [-0.15, -0.1) is 0 Å². The molecular formula is C18H20N2O4. The third-order valence-corrected chi connectivity index (χ3v) is 3.24. The molecule has 0 aromatic heterocycles. The van der Waals surface area contributed by atoms with Crippen molar-refractivity contribution in [1.29, 1.82) is 0 Å². The summed E-state index contributed by atoms with van der Waals surface area (Å²) in [7, 11) is 3.14. The number of ether oxygens (including phenoxy) is 3. The van der Waals surface area contributed by atoms with E-state index in [0.717, 1.165) is 11.3 Å². The maximum atomic E-state index is 12.0. The van der Waals surface area contributed by atoms with Crippen LogP contribution >= 0.6 is 0 Å². The number of methoxy groups -OCH3 is 2. The summed E-state index contributed by atoms with van der Waals surface area (Å²) in [6, 6.07) is 12.2. The zero-order valence-electron chi connectivity index (χ0n) is 13.9. The van der Waals surface area contributed by atoms with Gasteiger partial charge in [0, 0.05) is 17.2 Å². The summed E-state index contributed by atoms with van der Waals surface area (Å²) in [5, 5.41) is 3.96. The van der Waals surface area contributed by atoms with Gasteiger partial charge in [0.25, 0.3) is 5.91 Å². The second-order valence-electron chi connectivity index (χ2n) is 4.76. The molecule has 2 aromatic carbocycles. The van der Waals surface area contributed by atoms with Gasteiger partial charge in [-0.05, 0) is 43.3 Å². The van der Waals surface area contributed by atoms with Crippen molar-refractivity contribution in [3.05, 3.63) is 53.6 Å². The van der Waals surface area contributed by atoms with E-state index in [1.165, 1.54) is 6.21 Å². The van der Waals surface area contributed by atoms with Gasteiger partial charge in [0.15, 0.2) is 0 Å². The minimum Gasteiger partial charge on any atom is -0.497 e. The smallest absolute Gasteiger partial charge is 0.271 e. The summed E-state index contributed by atoms with van der Waals surface area (Å²) in [6.07, 6.45) is 1.52. The van der Waals surface area contributed by atoms with Crippen molar-refractivity contribution in [2.45, 2.75) is 6.92 Å². The normalized spacial score (nSPS) is 10.5. The highest BCUT2D eigenvalue weighted by molar-refractivity contribution is 5.95. The van der Waals surface area contributed by atoms with Crippen LogP contribution in [0.1, 0.15) is 22.8 Å². The highest BCUT2D eigenvalue weighted by Gasteiger charge is 2.05. The van der Waals surface area contributed by atoms with Crippen LogP contribution in [0, 0.1) is 0 Å². The summed E-state index contributed by atoms with van der Waals surface area (Å²) < 4.78 is 15.7. The zero-order valence-corrected chi connectivity index (χ0v) is 13.9. The number of hydrogen-bond donors (Lipinski definition) is 1. The second-order valence-corrected chi connectivity index (χ2v) is 4.76. The molecule has 0 radical (unpaired) electrons. The number of nitrogens with zero attached hydrogens (tertiary/aromatic N) is 1. The quantitative estimate of drug-likeness (QED) is 0.627. The molecule has 0 aliphatic carbocycles. The van der Waals surface area contributed by atoms with Crippen LogP contribution in [0.15, 0.2) is 47.6 Å². The van der Waals surface area contributed by atoms with Crippen LogP contribution < -0.4 is 19.6 Å². The van der Waals surface area contributed by atoms with Crippen LogP contribution in [0.3, 0.4) is 0 Å². The lowest BCUT2D eigenvalue weighted by atomic mass is 10.2. The molecule has 0 unspecified atom stereocenters. The Hall–Kier alpha value is -3.02. The van der Waals surface area contributed by atoms with Crippen molar-refractivity contribution in [3.63, 3.8) is 0 Å². The Morgan fingerprint density at radius 1 is 1.08 bits per heavy atom. The lowest BCUT2D eigenvalue weighted by molar-refractivity contribution is 0.0955. The Labute approximate surface area is 141 Å². The predicted molar refractivity (Wildman–Crippen MR) is 92.2 cm³/mol. The summed E-state index contributed by atoms with van der Waals surface area (Å²) >= 11 is 0. The maximum absolute atomic E-state index is 12.0. The third-order valence-electron chi connectivity index (χ3n) is 3.24. The van der Waals surface area contributed by atoms with Crippen LogP contribution in [0.25, 0.3) is 0 Å². The number of amides is 1. The summed E-state index contributed by atoms with van der Waals surface area (Å²) in [5.74, 6) is 1.71. The minimum absolute atomic E-state index is 0.304. The van der Waals surface area contributed by atoms with Gasteiger partial charge >= 0.3 is 0 Å². The molecule has 0 aliphatic rings. The molecule has 0 bridgehead atoms. The minimum atomic E-state index is -0.304. The molecule has 6 nitrogen and oxygen atoms in total. The van der Waals surface area contributed by atoms with E-state index >= 15 is 0 Å². The monoisotopic (exact) mass is 328 g/mol. The summed E-state index contributed by atoms with van der Waals surface area (Å²) in [4.78, 5) is 12.0. The van der Waals surface area contributed by atoms with Crippen LogP contribution in [0.4, 0.5) is 0 Å². The fourth-order valence-corrected chi connectivity index (χ4v) is 2.02. The standard InChI is InChI=1S/C18H20N2O4/c1-4-24-15-8-5-13(6-9-15)18(21)20-19-12-14-7-10-16(22-2)11-17(14)23-3/h5-12H,4H2,1-3H3,(H,20,21). The Bertz CT molecular complexity index is 711. The summed E-state index contributed by atoms with van der Waals surface area (Å²) in [6.45, 7) is 2.49. The zero-order chi connectivity index (χ0) is 17.4. The lowest BCUT2D eigenvalue weighted by Gasteiger charge is -2.07. The average Bonchev–Trinajstić information content (AvgIpc) is 2.62. The third kappa shape index (κ3) is 4.49. The van der Waals surface area contributed by atoms with E-state index in [4.69, 9.17) is 14.2 Å². The number of hydrazone groups is 1. The number of rotatable bonds is 7. The molecule has 6 heteroatoms. The molecule has 2 aromatic rings. The second kappa shape index (κ2) is 8.57. The molecule has 0 atom stereocenters. The van der Waals surface area contributed by atoms with Crippen molar-refractivity contribution < 1.29 is 19.0 Å². The van der Waals surface area contributed by atoms with E-state index < -0.39 is 0 Å². The SMILES string of the molecule is CCOc1ccc(C(=O)NN=Cc2ccc(OC)cc2OC)cc1. The highest BCUT2D eigenvalue weighted by Crippen LogP contribution is 2.23. The highest BCUT2D eigenvalue weighted by atomic mass is 16.5. The first-order valence-electron chi connectivity index (χ1n) is 7.46. The molecule has 0 spiro atoms. The van der Waals surface area contributed by atoms with Crippen LogP contribution in [-0.2, 0) is 0 Å². The van der Waals surface area contributed by atoms with Gasteiger partial charge < -0.3 is 14.2 Å². The molecule has 126 valence electrons. The van der Waals surface area contributed by atoms with Crippen molar-refractivity contribution >= 4 is 12.1 Å². The van der Waals surface area contributed by atoms with Crippen LogP contribution in [0.2, 0.25) is 0 Å². The number of carbonyl (C=O) groups is 1. The number of carbonyl (C=O) groups excluding carboxylic acids is 1. The molecule has 0 saturated carbocycles. The van der Waals surface area contributed by atoms with E-state index in [2.05, 4.69) is 10.5 Å². The lowest BCUT2D eigenvalue weighted by Crippen LogP contribution is -2.17. The van der Waals surface area contributed by atoms with Crippen molar-refractivity contribution in [3.8, 4) is 17.2 Å². The predicted octanol–water partition coefficient (Wildman–Crippen LogP) is 2.87. The Kier molecular flexibility index (Phi) is 6.19. The van der Waals surface area contributed by atoms with Gasteiger partial charge in [-0.25, -0.2) is 5.43 Å². The van der Waals surface area contributed by atoms with E-state index in [1.54, 1.807) is 56.7 Å². The number of hydrogen-bond acceptors (Lipinski definition) is 5. The van der Waals surface area contributed by atoms with E-state index in [1.807, 2.05) is 6.92 Å². The molecule has 0 saturated heterocycles. The fourth-order valence-electron chi connectivity index (χ4n) is 2.02. The first-order chi connectivity index (χ1) is 11.7. The Balaban J connectivity index is 2.01. The molecule has 0 aliphatic heterocycles. The van der Waals surface area contributed by atoms with Gasteiger partial charge in [-0.1, -0.05) is 0 Å². The molecule has 0 heterocycles. The molecule has 24 heavy (non-hydrogen) atoms. The Morgan fingerprint density at radius 3 is 2.42 bits per heavy atom. The number of benzene rings is 2. The molecule has 2 rings (SSSR count). The van der Waals surface area contributed by atoms with E-state index in [0.29, 0.717) is 23.7 Å². The number of nitrogens with one attached hydrogen (secondary N) is 1. The van der Waals surface area contributed by atoms with Gasteiger partial charge in [-0.3, -0.25) is 4.79 Å². The average molecular weight is 328 g/mol. The van der Waals surface area contributed by atoms with Crippen LogP contribution in [-0.4, -0.2) is 32.9 Å². The van der Waals surface area contributed by atoms with Gasteiger partial charge in [0.05, 0.1) is 27.0 Å². The van der Waals surface area contributed by atoms with Crippen molar-refractivity contribution in [1.82, 2.24) is 5.43 Å². The van der Waals surface area contributed by atoms with Gasteiger partial charge in [-0.2, -0.15) is 5.10 Å². The molecular weight excluding hydrogens is 308 g/mol. The van der Waals surface area contributed by atoms with Gasteiger partial charge in [0.1, 0.15) is 17.2 Å². The van der Waals surface area contributed by atoms with E-state index in [-0.39, 0.29) is 5.91 Å². The molecule has 1 amide bonds. The van der Waals surface area contributed by atoms with Crippen LogP contribution in [0.5, 0.6) is 17.2 Å². The van der Waals surface area contributed by atoms with E-state index in [9.17, 15) is 4.79 Å². The molecule has 1 N–H and O–H groups in total. The summed E-state index contributed by atoms with van der Waals surface area (Å²) in [5.41, 5.74) is 3.71. The maximum Gasteiger partial charge on any atom is 0.271 e. The van der Waals surface area contributed by atoms with Crippen molar-refractivity contribution in [2.75, 3.05) is 20.8 Å². The topological polar surface area (TPSA) is 69.2 Å². The molecule has 0 fully saturated rings. The Morgan fingerprint density at radius 2 is 1.79 bits per heavy atom. The first-order valence-corrected chi connectivity index (χ1v) is 7.46. The largest absolute Gasteiger partial charge is 0.497 e. The van der Waals surface area contributed by atoms with Crippen molar-refractivity contribution in [2.24, 2.45) is 5.10 Å². The fraction of sp³-hybridized carbons (Fsp3) is 0.222.